The second-order valence-corrected chi connectivity index (χ2v) is 6.84. The normalized spacial score (nSPS) is 14.0. The van der Waals surface area contributed by atoms with Crippen molar-refractivity contribution in [2.75, 3.05) is 16.8 Å². The predicted octanol–water partition coefficient (Wildman–Crippen LogP) is 2.77. The van der Waals surface area contributed by atoms with Gasteiger partial charge in [0, 0.05) is 30.7 Å². The third-order valence-electron chi connectivity index (χ3n) is 4.14. The van der Waals surface area contributed by atoms with Gasteiger partial charge < -0.3 is 10.2 Å². The molecule has 0 radical (unpaired) electrons. The lowest BCUT2D eigenvalue weighted by Gasteiger charge is -2.19. The molecule has 1 N–H and O–H groups in total. The number of hydrogen-bond donors (Lipinski definition) is 1. The molecule has 0 spiro atoms. The smallest absolute Gasteiger partial charge is 0.246 e. The van der Waals surface area contributed by atoms with Gasteiger partial charge in [0.15, 0.2) is 0 Å². The zero-order valence-electron chi connectivity index (χ0n) is 14.0. The summed E-state index contributed by atoms with van der Waals surface area (Å²) in [5.41, 5.74) is 2.13. The number of carbonyl (C=O) groups is 2. The van der Waals surface area contributed by atoms with Gasteiger partial charge in [-0.2, -0.15) is 5.10 Å². The topological polar surface area (TPSA) is 80.1 Å². The lowest BCUT2D eigenvalue weighted by Crippen LogP contribution is -2.26. The van der Waals surface area contributed by atoms with Gasteiger partial charge in [0.05, 0.1) is 11.4 Å². The minimum absolute atomic E-state index is 0.0897. The number of amides is 2. The maximum absolute atomic E-state index is 12.4. The highest BCUT2D eigenvalue weighted by molar-refractivity contribution is 7.13. The van der Waals surface area contributed by atoms with Gasteiger partial charge in [0.2, 0.25) is 11.8 Å². The molecular formula is C18H17N5O2S. The third-order valence-corrected chi connectivity index (χ3v) is 4.94. The van der Waals surface area contributed by atoms with E-state index in [1.807, 2.05) is 35.7 Å². The molecule has 3 aromatic rings. The standard InChI is InChI=1S/C18H17N5O2S/c24-16(12-22-10-7-14(21-22)18-19-8-11-26-18)20-13-4-1-2-5-15(13)23-9-3-6-17(23)25/h1-2,4-5,7-8,10-11H,3,6,9,12H2,(H,20,24). The molecule has 1 saturated heterocycles. The second-order valence-electron chi connectivity index (χ2n) is 5.95. The molecule has 1 aromatic carbocycles. The van der Waals surface area contributed by atoms with Crippen LogP contribution in [-0.2, 0) is 16.1 Å². The Morgan fingerprint density at radius 2 is 2.15 bits per heavy atom. The quantitative estimate of drug-likeness (QED) is 0.752. The van der Waals surface area contributed by atoms with Gasteiger partial charge in [-0.15, -0.1) is 11.3 Å². The van der Waals surface area contributed by atoms with E-state index in [0.29, 0.717) is 18.7 Å². The first-order valence-corrected chi connectivity index (χ1v) is 9.21. The molecule has 0 unspecified atom stereocenters. The molecule has 1 aliphatic heterocycles. The summed E-state index contributed by atoms with van der Waals surface area (Å²) in [5.74, 6) is -0.107. The van der Waals surface area contributed by atoms with Gasteiger partial charge in [-0.05, 0) is 24.6 Å². The maximum Gasteiger partial charge on any atom is 0.246 e. The fourth-order valence-electron chi connectivity index (χ4n) is 2.97. The highest BCUT2D eigenvalue weighted by Crippen LogP contribution is 2.29. The van der Waals surface area contributed by atoms with Crippen LogP contribution in [0.4, 0.5) is 11.4 Å². The summed E-state index contributed by atoms with van der Waals surface area (Å²) in [6, 6.07) is 9.21. The van der Waals surface area contributed by atoms with Crippen LogP contribution in [0.1, 0.15) is 12.8 Å². The maximum atomic E-state index is 12.4. The fourth-order valence-corrected chi connectivity index (χ4v) is 3.57. The minimum Gasteiger partial charge on any atom is -0.323 e. The molecule has 7 nitrogen and oxygen atoms in total. The Kier molecular flexibility index (Phi) is 4.49. The van der Waals surface area contributed by atoms with Gasteiger partial charge in [-0.1, -0.05) is 12.1 Å². The highest BCUT2D eigenvalue weighted by atomic mass is 32.1. The fraction of sp³-hybridized carbons (Fsp3) is 0.222. The van der Waals surface area contributed by atoms with Crippen molar-refractivity contribution in [1.29, 1.82) is 0 Å². The van der Waals surface area contributed by atoms with E-state index in [2.05, 4.69) is 15.4 Å². The summed E-state index contributed by atoms with van der Waals surface area (Å²) >= 11 is 1.50. The van der Waals surface area contributed by atoms with Crippen molar-refractivity contribution in [3.05, 3.63) is 48.1 Å². The lowest BCUT2D eigenvalue weighted by molar-refractivity contribution is -0.118. The molecule has 1 fully saturated rings. The summed E-state index contributed by atoms with van der Waals surface area (Å²) in [5, 5.41) is 9.99. The third kappa shape index (κ3) is 3.36. The van der Waals surface area contributed by atoms with Crippen molar-refractivity contribution in [2.24, 2.45) is 0 Å². The number of thiazole rings is 1. The van der Waals surface area contributed by atoms with Gasteiger partial charge in [-0.25, -0.2) is 4.98 Å². The molecule has 8 heteroatoms. The number of nitrogens with one attached hydrogen (secondary N) is 1. The van der Waals surface area contributed by atoms with E-state index in [1.54, 1.807) is 22.0 Å². The first-order chi connectivity index (χ1) is 12.7. The van der Waals surface area contributed by atoms with Crippen LogP contribution < -0.4 is 10.2 Å². The van der Waals surface area contributed by atoms with E-state index >= 15 is 0 Å². The lowest BCUT2D eigenvalue weighted by atomic mass is 10.2. The van der Waals surface area contributed by atoms with Crippen molar-refractivity contribution in [1.82, 2.24) is 14.8 Å². The first kappa shape index (κ1) is 16.5. The van der Waals surface area contributed by atoms with Crippen molar-refractivity contribution in [3.63, 3.8) is 0 Å². The monoisotopic (exact) mass is 367 g/mol. The molecule has 0 atom stereocenters. The van der Waals surface area contributed by atoms with E-state index < -0.39 is 0 Å². The van der Waals surface area contributed by atoms with Gasteiger partial charge in [0.25, 0.3) is 0 Å². The van der Waals surface area contributed by atoms with E-state index in [-0.39, 0.29) is 18.4 Å². The minimum atomic E-state index is -0.196. The van der Waals surface area contributed by atoms with Gasteiger partial charge in [-0.3, -0.25) is 14.3 Å². The molecule has 26 heavy (non-hydrogen) atoms. The molecule has 3 heterocycles. The van der Waals surface area contributed by atoms with Crippen LogP contribution in [0.25, 0.3) is 10.7 Å². The van der Waals surface area contributed by atoms with Crippen molar-refractivity contribution in [3.8, 4) is 10.7 Å². The summed E-state index contributed by atoms with van der Waals surface area (Å²) in [6.45, 7) is 0.774. The number of carbonyl (C=O) groups excluding carboxylic acids is 2. The molecule has 2 aromatic heterocycles. The van der Waals surface area contributed by atoms with Crippen LogP contribution in [-0.4, -0.2) is 33.1 Å². The average molecular weight is 367 g/mol. The first-order valence-electron chi connectivity index (χ1n) is 8.33. The average Bonchev–Trinajstić information content (AvgIpc) is 3.36. The van der Waals surface area contributed by atoms with Crippen molar-refractivity contribution >= 4 is 34.5 Å². The molecule has 1 aliphatic rings. The molecule has 132 valence electrons. The van der Waals surface area contributed by atoms with Gasteiger partial charge >= 0.3 is 0 Å². The summed E-state index contributed by atoms with van der Waals surface area (Å²) in [6.07, 6.45) is 4.87. The number of rotatable bonds is 5. The molecule has 0 aliphatic carbocycles. The predicted molar refractivity (Wildman–Crippen MR) is 100.0 cm³/mol. The van der Waals surface area contributed by atoms with Crippen molar-refractivity contribution < 1.29 is 9.59 Å². The highest BCUT2D eigenvalue weighted by Gasteiger charge is 2.24. The Hall–Kier alpha value is -3.00. The number of hydrogen-bond acceptors (Lipinski definition) is 5. The SMILES string of the molecule is O=C(Cn1ccc(-c2nccs2)n1)Nc1ccccc1N1CCCC1=O. The zero-order valence-corrected chi connectivity index (χ0v) is 14.8. The zero-order chi connectivity index (χ0) is 17.9. The second kappa shape index (κ2) is 7.09. The van der Waals surface area contributed by atoms with E-state index in [9.17, 15) is 9.59 Å². The van der Waals surface area contributed by atoms with Crippen LogP contribution in [0.5, 0.6) is 0 Å². The van der Waals surface area contributed by atoms with Gasteiger partial charge in [0.1, 0.15) is 17.2 Å². The number of nitrogens with zero attached hydrogens (tertiary/aromatic N) is 4. The molecule has 4 rings (SSSR count). The van der Waals surface area contributed by atoms with Crippen LogP contribution in [0.2, 0.25) is 0 Å². The van der Waals surface area contributed by atoms with Crippen molar-refractivity contribution in [2.45, 2.75) is 19.4 Å². The summed E-state index contributed by atoms with van der Waals surface area (Å²) < 4.78 is 1.58. The Morgan fingerprint density at radius 3 is 2.92 bits per heavy atom. The Balaban J connectivity index is 1.46. The van der Waals surface area contributed by atoms with E-state index in [4.69, 9.17) is 0 Å². The summed E-state index contributed by atoms with van der Waals surface area (Å²) in [4.78, 5) is 30.4. The largest absolute Gasteiger partial charge is 0.323 e. The van der Waals surface area contributed by atoms with Crippen LogP contribution in [0.15, 0.2) is 48.1 Å². The molecule has 2 amide bonds. The molecular weight excluding hydrogens is 350 g/mol. The Labute approximate surface area is 154 Å². The van der Waals surface area contributed by atoms with E-state index in [0.717, 1.165) is 22.8 Å². The molecule has 0 saturated carbocycles. The van der Waals surface area contributed by atoms with Crippen LogP contribution in [0.3, 0.4) is 0 Å². The summed E-state index contributed by atoms with van der Waals surface area (Å²) in [7, 11) is 0. The van der Waals surface area contributed by atoms with E-state index in [1.165, 1.54) is 11.3 Å². The number of aromatic nitrogens is 3. The molecule has 0 bridgehead atoms. The number of benzene rings is 1. The van der Waals surface area contributed by atoms with Crippen LogP contribution >= 0.6 is 11.3 Å². The Morgan fingerprint density at radius 1 is 1.27 bits per heavy atom. The Bertz CT molecular complexity index is 935. The number of para-hydroxylation sites is 2. The van der Waals surface area contributed by atoms with Crippen LogP contribution in [0, 0.1) is 0 Å². The number of anilines is 2.